The SMILES string of the molecule is COc1ccccc1C1CC1C(N)=O. The van der Waals surface area contributed by atoms with Crippen LogP contribution in [0.5, 0.6) is 5.75 Å². The maximum Gasteiger partial charge on any atom is 0.221 e. The van der Waals surface area contributed by atoms with Crippen LogP contribution in [0.2, 0.25) is 0 Å². The molecule has 2 rings (SSSR count). The first kappa shape index (κ1) is 9.06. The monoisotopic (exact) mass is 191 g/mol. The predicted octanol–water partition coefficient (Wildman–Crippen LogP) is 1.28. The van der Waals surface area contributed by atoms with Gasteiger partial charge in [-0.15, -0.1) is 0 Å². The van der Waals surface area contributed by atoms with Crippen LogP contribution in [0.1, 0.15) is 17.9 Å². The van der Waals surface area contributed by atoms with Crippen LogP contribution in [-0.4, -0.2) is 13.0 Å². The molecule has 14 heavy (non-hydrogen) atoms. The third-order valence-corrected chi connectivity index (χ3v) is 2.69. The third-order valence-electron chi connectivity index (χ3n) is 2.69. The number of ether oxygens (including phenoxy) is 1. The number of hydrogen-bond acceptors (Lipinski definition) is 2. The van der Waals surface area contributed by atoms with Crippen molar-refractivity contribution in [3.8, 4) is 5.75 Å². The van der Waals surface area contributed by atoms with Crippen LogP contribution in [0.3, 0.4) is 0 Å². The predicted molar refractivity (Wildman–Crippen MR) is 53.0 cm³/mol. The van der Waals surface area contributed by atoms with E-state index in [2.05, 4.69) is 0 Å². The van der Waals surface area contributed by atoms with Gasteiger partial charge in [0.1, 0.15) is 5.75 Å². The zero-order chi connectivity index (χ0) is 10.1. The molecule has 1 aliphatic carbocycles. The number of carbonyl (C=O) groups is 1. The van der Waals surface area contributed by atoms with Gasteiger partial charge in [-0.3, -0.25) is 4.79 Å². The van der Waals surface area contributed by atoms with Crippen molar-refractivity contribution < 1.29 is 9.53 Å². The number of hydrogen-bond donors (Lipinski definition) is 1. The van der Waals surface area contributed by atoms with Crippen LogP contribution in [0.4, 0.5) is 0 Å². The zero-order valence-electron chi connectivity index (χ0n) is 8.07. The van der Waals surface area contributed by atoms with Gasteiger partial charge < -0.3 is 10.5 Å². The Morgan fingerprint density at radius 2 is 2.21 bits per heavy atom. The lowest BCUT2D eigenvalue weighted by atomic mass is 10.1. The number of rotatable bonds is 3. The summed E-state index contributed by atoms with van der Waals surface area (Å²) >= 11 is 0. The van der Waals surface area contributed by atoms with Crippen molar-refractivity contribution in [2.24, 2.45) is 11.7 Å². The molecule has 1 amide bonds. The molecule has 1 saturated carbocycles. The normalized spacial score (nSPS) is 24.4. The standard InChI is InChI=1S/C11H13NO2/c1-14-10-5-3-2-4-7(10)8-6-9(8)11(12)13/h2-5,8-9H,6H2,1H3,(H2,12,13). The van der Waals surface area contributed by atoms with Crippen molar-refractivity contribution in [3.63, 3.8) is 0 Å². The van der Waals surface area contributed by atoms with Crippen LogP contribution in [0.15, 0.2) is 24.3 Å². The summed E-state index contributed by atoms with van der Waals surface area (Å²) < 4.78 is 5.22. The highest BCUT2D eigenvalue weighted by atomic mass is 16.5. The van der Waals surface area contributed by atoms with Crippen molar-refractivity contribution in [3.05, 3.63) is 29.8 Å². The van der Waals surface area contributed by atoms with Crippen molar-refractivity contribution in [2.45, 2.75) is 12.3 Å². The minimum atomic E-state index is -0.207. The van der Waals surface area contributed by atoms with E-state index >= 15 is 0 Å². The molecule has 2 N–H and O–H groups in total. The molecule has 0 aliphatic heterocycles. The molecule has 2 unspecified atom stereocenters. The number of primary amides is 1. The molecular weight excluding hydrogens is 178 g/mol. The molecule has 0 spiro atoms. The number of amides is 1. The van der Waals surface area contributed by atoms with E-state index in [9.17, 15) is 4.79 Å². The van der Waals surface area contributed by atoms with Gasteiger partial charge in [0.2, 0.25) is 5.91 Å². The Morgan fingerprint density at radius 1 is 1.50 bits per heavy atom. The van der Waals surface area contributed by atoms with E-state index in [0.717, 1.165) is 17.7 Å². The fourth-order valence-electron chi connectivity index (χ4n) is 1.83. The highest BCUT2D eigenvalue weighted by Gasteiger charge is 2.43. The van der Waals surface area contributed by atoms with E-state index in [1.807, 2.05) is 24.3 Å². The van der Waals surface area contributed by atoms with E-state index in [-0.39, 0.29) is 17.7 Å². The van der Waals surface area contributed by atoms with E-state index in [1.165, 1.54) is 0 Å². The van der Waals surface area contributed by atoms with Gasteiger partial charge in [0, 0.05) is 5.92 Å². The van der Waals surface area contributed by atoms with Crippen molar-refractivity contribution in [1.29, 1.82) is 0 Å². The summed E-state index contributed by atoms with van der Waals surface area (Å²) in [5, 5.41) is 0. The van der Waals surface area contributed by atoms with Gasteiger partial charge in [-0.2, -0.15) is 0 Å². The molecule has 1 aromatic carbocycles. The molecule has 0 aromatic heterocycles. The van der Waals surface area contributed by atoms with E-state index in [0.29, 0.717) is 0 Å². The van der Waals surface area contributed by atoms with Crippen LogP contribution >= 0.6 is 0 Å². The van der Waals surface area contributed by atoms with Crippen LogP contribution in [0.25, 0.3) is 0 Å². The van der Waals surface area contributed by atoms with Crippen LogP contribution in [0, 0.1) is 5.92 Å². The summed E-state index contributed by atoms with van der Waals surface area (Å²) in [7, 11) is 1.64. The molecule has 1 aromatic rings. The maximum absolute atomic E-state index is 10.9. The maximum atomic E-state index is 10.9. The van der Waals surface area contributed by atoms with E-state index < -0.39 is 0 Å². The lowest BCUT2D eigenvalue weighted by Gasteiger charge is -2.06. The first-order valence-corrected chi connectivity index (χ1v) is 4.66. The zero-order valence-corrected chi connectivity index (χ0v) is 8.07. The summed E-state index contributed by atoms with van der Waals surface area (Å²) in [4.78, 5) is 10.9. The molecule has 2 atom stereocenters. The highest BCUT2D eigenvalue weighted by Crippen LogP contribution is 2.49. The van der Waals surface area contributed by atoms with Gasteiger partial charge in [-0.05, 0) is 24.0 Å². The second-order valence-electron chi connectivity index (χ2n) is 3.59. The Bertz CT molecular complexity index is 362. The molecule has 0 heterocycles. The summed E-state index contributed by atoms with van der Waals surface area (Å²) in [5.74, 6) is 0.914. The molecule has 0 bridgehead atoms. The number of carbonyl (C=O) groups excluding carboxylic acids is 1. The lowest BCUT2D eigenvalue weighted by Crippen LogP contribution is -2.13. The minimum absolute atomic E-state index is 0.00583. The molecule has 0 saturated heterocycles. The minimum Gasteiger partial charge on any atom is -0.496 e. The molecule has 0 radical (unpaired) electrons. The summed E-state index contributed by atoms with van der Waals surface area (Å²) in [6, 6.07) is 7.77. The average molecular weight is 191 g/mol. The van der Waals surface area contributed by atoms with Gasteiger partial charge in [0.15, 0.2) is 0 Å². The molecule has 1 fully saturated rings. The van der Waals surface area contributed by atoms with Gasteiger partial charge in [0.05, 0.1) is 7.11 Å². The van der Waals surface area contributed by atoms with Crippen LogP contribution in [-0.2, 0) is 4.79 Å². The quantitative estimate of drug-likeness (QED) is 0.782. The molecule has 3 nitrogen and oxygen atoms in total. The summed E-state index contributed by atoms with van der Waals surface area (Å²) in [6.07, 6.45) is 0.857. The second kappa shape index (κ2) is 3.33. The summed E-state index contributed by atoms with van der Waals surface area (Å²) in [5.41, 5.74) is 6.33. The first-order valence-electron chi connectivity index (χ1n) is 4.66. The number of methoxy groups -OCH3 is 1. The first-order chi connectivity index (χ1) is 6.74. The van der Waals surface area contributed by atoms with Crippen molar-refractivity contribution in [1.82, 2.24) is 0 Å². The second-order valence-corrected chi connectivity index (χ2v) is 3.59. The molecule has 3 heteroatoms. The fraction of sp³-hybridized carbons (Fsp3) is 0.364. The van der Waals surface area contributed by atoms with Gasteiger partial charge in [0.25, 0.3) is 0 Å². The number of benzene rings is 1. The van der Waals surface area contributed by atoms with Crippen LogP contribution < -0.4 is 10.5 Å². The number of para-hydroxylation sites is 1. The van der Waals surface area contributed by atoms with Crippen molar-refractivity contribution in [2.75, 3.05) is 7.11 Å². The topological polar surface area (TPSA) is 52.3 Å². The Balaban J connectivity index is 2.22. The summed E-state index contributed by atoms with van der Waals surface area (Å²) in [6.45, 7) is 0. The number of nitrogens with two attached hydrogens (primary N) is 1. The third kappa shape index (κ3) is 1.45. The Labute approximate surface area is 82.9 Å². The molecule has 1 aliphatic rings. The largest absolute Gasteiger partial charge is 0.496 e. The van der Waals surface area contributed by atoms with E-state index in [1.54, 1.807) is 7.11 Å². The highest BCUT2D eigenvalue weighted by molar-refractivity contribution is 5.81. The van der Waals surface area contributed by atoms with Crippen molar-refractivity contribution >= 4 is 5.91 Å². The Kier molecular flexibility index (Phi) is 2.15. The lowest BCUT2D eigenvalue weighted by molar-refractivity contribution is -0.119. The van der Waals surface area contributed by atoms with Gasteiger partial charge >= 0.3 is 0 Å². The molecular formula is C11H13NO2. The Hall–Kier alpha value is -1.51. The van der Waals surface area contributed by atoms with Gasteiger partial charge in [-0.1, -0.05) is 18.2 Å². The Morgan fingerprint density at radius 3 is 2.79 bits per heavy atom. The molecule has 74 valence electrons. The van der Waals surface area contributed by atoms with Gasteiger partial charge in [-0.25, -0.2) is 0 Å². The smallest absolute Gasteiger partial charge is 0.221 e. The van der Waals surface area contributed by atoms with E-state index in [4.69, 9.17) is 10.5 Å². The average Bonchev–Trinajstić information content (AvgIpc) is 2.97. The fourth-order valence-corrected chi connectivity index (χ4v) is 1.83.